The van der Waals surface area contributed by atoms with Gasteiger partial charge in [0.2, 0.25) is 0 Å². The lowest BCUT2D eigenvalue weighted by Crippen LogP contribution is -2.00. The minimum atomic E-state index is 0.596. The molecule has 0 radical (unpaired) electrons. The summed E-state index contributed by atoms with van der Waals surface area (Å²) in [5.41, 5.74) is 8.76. The number of hydrogen-bond acceptors (Lipinski definition) is 5. The number of fused-ring (bicyclic) bond motifs is 3. The highest BCUT2D eigenvalue weighted by molar-refractivity contribution is 6.10. The van der Waals surface area contributed by atoms with Crippen LogP contribution in [0.3, 0.4) is 0 Å². The lowest BCUT2D eigenvalue weighted by molar-refractivity contribution is 1.07. The molecule has 5 heteroatoms. The van der Waals surface area contributed by atoms with Gasteiger partial charge in [-0.1, -0.05) is 158 Å². The van der Waals surface area contributed by atoms with Gasteiger partial charge in [-0.2, -0.15) is 0 Å². The van der Waals surface area contributed by atoms with E-state index in [-0.39, 0.29) is 0 Å². The Morgan fingerprint density at radius 3 is 1.34 bits per heavy atom. The molecule has 0 bridgehead atoms. The zero-order chi connectivity index (χ0) is 33.3. The van der Waals surface area contributed by atoms with Gasteiger partial charge in [0.25, 0.3) is 0 Å². The molecule has 0 saturated carbocycles. The van der Waals surface area contributed by atoms with Crippen molar-refractivity contribution in [1.29, 1.82) is 0 Å². The van der Waals surface area contributed by atoms with E-state index in [2.05, 4.69) is 103 Å². The van der Waals surface area contributed by atoms with Crippen molar-refractivity contribution in [2.45, 2.75) is 0 Å². The Bertz CT molecular complexity index is 2620. The summed E-state index contributed by atoms with van der Waals surface area (Å²) in [6.07, 6.45) is 0. The van der Waals surface area contributed by atoms with Crippen molar-refractivity contribution in [3.63, 3.8) is 0 Å². The average molecular weight is 640 g/mol. The fourth-order valence-corrected chi connectivity index (χ4v) is 6.40. The van der Waals surface area contributed by atoms with Crippen molar-refractivity contribution >= 4 is 21.7 Å². The van der Waals surface area contributed by atoms with Gasteiger partial charge in [-0.15, -0.1) is 0 Å². The molecule has 7 aromatic carbocycles. The van der Waals surface area contributed by atoms with Crippen LogP contribution in [0.4, 0.5) is 0 Å². The van der Waals surface area contributed by atoms with Gasteiger partial charge in [0.15, 0.2) is 23.3 Å². The first-order valence-electron chi connectivity index (χ1n) is 16.6. The number of benzene rings is 7. The summed E-state index contributed by atoms with van der Waals surface area (Å²) in [4.78, 5) is 25.4. The summed E-state index contributed by atoms with van der Waals surface area (Å²) in [5, 5.41) is 3.07. The first-order chi connectivity index (χ1) is 24.8. The van der Waals surface area contributed by atoms with Gasteiger partial charge in [0.1, 0.15) is 0 Å². The SMILES string of the molecule is c1ccc(-c2cccc(-c3nc(-c4ccccc4)nc(-c4ccc5ccc6c(-c7ccccc7)nc(-c7ccccc7)nc6c5c4)n3)c2)cc1. The quantitative estimate of drug-likeness (QED) is 0.169. The van der Waals surface area contributed by atoms with Crippen molar-refractivity contribution in [2.24, 2.45) is 0 Å². The van der Waals surface area contributed by atoms with Gasteiger partial charge < -0.3 is 0 Å². The van der Waals surface area contributed by atoms with Gasteiger partial charge in [-0.25, -0.2) is 24.9 Å². The molecule has 0 N–H and O–H groups in total. The summed E-state index contributed by atoms with van der Waals surface area (Å²) >= 11 is 0. The predicted molar refractivity (Wildman–Crippen MR) is 203 cm³/mol. The molecule has 0 aliphatic heterocycles. The Balaban J connectivity index is 1.26. The largest absolute Gasteiger partial charge is 0.227 e. The van der Waals surface area contributed by atoms with Crippen LogP contribution in [0.15, 0.2) is 176 Å². The minimum Gasteiger partial charge on any atom is -0.227 e. The summed E-state index contributed by atoms with van der Waals surface area (Å²) in [5.74, 6) is 2.51. The fraction of sp³-hybridized carbons (Fsp3) is 0. The highest BCUT2D eigenvalue weighted by atomic mass is 15.0. The smallest absolute Gasteiger partial charge is 0.164 e. The standard InChI is InChI=1S/C45H29N5/c1-5-14-30(15-6-1)35-22-13-23-36(28-35)44-48-43(34-20-11-4-12-21-34)49-45(50-44)37-25-24-31-26-27-38-40(32-16-7-2-8-17-32)46-42(33-18-9-3-10-19-33)47-41(38)39(31)29-37/h1-29H. The molecule has 0 unspecified atom stereocenters. The van der Waals surface area contributed by atoms with Crippen molar-refractivity contribution < 1.29 is 0 Å². The van der Waals surface area contributed by atoms with E-state index in [0.29, 0.717) is 23.3 Å². The van der Waals surface area contributed by atoms with Crippen LogP contribution in [0.2, 0.25) is 0 Å². The van der Waals surface area contributed by atoms with Crippen molar-refractivity contribution in [1.82, 2.24) is 24.9 Å². The molecule has 0 saturated heterocycles. The lowest BCUT2D eigenvalue weighted by atomic mass is 9.99. The van der Waals surface area contributed by atoms with Gasteiger partial charge >= 0.3 is 0 Å². The van der Waals surface area contributed by atoms with Crippen LogP contribution in [-0.2, 0) is 0 Å². The Hall–Kier alpha value is -6.85. The Morgan fingerprint density at radius 2 is 0.720 bits per heavy atom. The number of nitrogens with zero attached hydrogens (tertiary/aromatic N) is 5. The topological polar surface area (TPSA) is 64.5 Å². The van der Waals surface area contributed by atoms with E-state index in [9.17, 15) is 0 Å². The van der Waals surface area contributed by atoms with E-state index in [1.165, 1.54) is 0 Å². The molecular formula is C45H29N5. The summed E-state index contributed by atoms with van der Waals surface area (Å²) < 4.78 is 0. The van der Waals surface area contributed by atoms with Gasteiger partial charge in [-0.05, 0) is 34.7 Å². The first-order valence-corrected chi connectivity index (χ1v) is 16.6. The number of hydrogen-bond donors (Lipinski definition) is 0. The zero-order valence-corrected chi connectivity index (χ0v) is 27.0. The third-order valence-electron chi connectivity index (χ3n) is 8.92. The van der Waals surface area contributed by atoms with Crippen molar-refractivity contribution in [2.75, 3.05) is 0 Å². The molecule has 9 rings (SSSR count). The molecule has 9 aromatic rings. The Labute approximate surface area is 289 Å². The van der Waals surface area contributed by atoms with Crippen LogP contribution < -0.4 is 0 Å². The van der Waals surface area contributed by atoms with E-state index in [0.717, 1.165) is 66.3 Å². The highest BCUT2D eigenvalue weighted by Gasteiger charge is 2.17. The van der Waals surface area contributed by atoms with Crippen LogP contribution in [0.1, 0.15) is 0 Å². The summed E-state index contributed by atoms with van der Waals surface area (Å²) in [7, 11) is 0. The maximum absolute atomic E-state index is 5.20. The van der Waals surface area contributed by atoms with E-state index in [1.54, 1.807) is 0 Å². The third kappa shape index (κ3) is 5.57. The van der Waals surface area contributed by atoms with E-state index >= 15 is 0 Å². The van der Waals surface area contributed by atoms with Crippen molar-refractivity contribution in [3.05, 3.63) is 176 Å². The molecular weight excluding hydrogens is 611 g/mol. The number of aromatic nitrogens is 5. The molecule has 0 aliphatic carbocycles. The van der Waals surface area contributed by atoms with Gasteiger partial charge in [0.05, 0.1) is 11.2 Å². The molecule has 50 heavy (non-hydrogen) atoms. The average Bonchev–Trinajstić information content (AvgIpc) is 3.21. The monoisotopic (exact) mass is 639 g/mol. The van der Waals surface area contributed by atoms with Crippen LogP contribution in [0.5, 0.6) is 0 Å². The second-order valence-electron chi connectivity index (χ2n) is 12.1. The molecule has 0 atom stereocenters. The maximum Gasteiger partial charge on any atom is 0.164 e. The molecule has 5 nitrogen and oxygen atoms in total. The summed E-state index contributed by atoms with van der Waals surface area (Å²) in [6, 6.07) is 59.9. The molecule has 0 amide bonds. The minimum absolute atomic E-state index is 0.596. The second-order valence-corrected chi connectivity index (χ2v) is 12.1. The van der Waals surface area contributed by atoms with Crippen LogP contribution >= 0.6 is 0 Å². The molecule has 2 aromatic heterocycles. The first kappa shape index (κ1) is 29.3. The Kier molecular flexibility index (Phi) is 7.41. The normalized spacial score (nSPS) is 11.2. The fourth-order valence-electron chi connectivity index (χ4n) is 6.40. The van der Waals surface area contributed by atoms with E-state index in [4.69, 9.17) is 24.9 Å². The van der Waals surface area contributed by atoms with Crippen LogP contribution in [0, 0.1) is 0 Å². The van der Waals surface area contributed by atoms with Crippen molar-refractivity contribution in [3.8, 4) is 67.9 Å². The maximum atomic E-state index is 5.20. The molecule has 0 aliphatic rings. The second kappa shape index (κ2) is 12.6. The highest BCUT2D eigenvalue weighted by Crippen LogP contribution is 2.35. The zero-order valence-electron chi connectivity index (χ0n) is 27.0. The predicted octanol–water partition coefficient (Wildman–Crippen LogP) is 11.0. The van der Waals surface area contributed by atoms with Gasteiger partial charge in [0, 0.05) is 38.6 Å². The Morgan fingerprint density at radius 1 is 0.260 bits per heavy atom. The molecule has 2 heterocycles. The molecule has 234 valence electrons. The van der Waals surface area contributed by atoms with Crippen LogP contribution in [-0.4, -0.2) is 24.9 Å². The van der Waals surface area contributed by atoms with Gasteiger partial charge in [-0.3, -0.25) is 0 Å². The molecule has 0 fully saturated rings. The molecule has 0 spiro atoms. The van der Waals surface area contributed by atoms with E-state index in [1.807, 2.05) is 72.8 Å². The lowest BCUT2D eigenvalue weighted by Gasteiger charge is -2.13. The third-order valence-corrected chi connectivity index (χ3v) is 8.92. The van der Waals surface area contributed by atoms with E-state index < -0.39 is 0 Å². The summed E-state index contributed by atoms with van der Waals surface area (Å²) in [6.45, 7) is 0. The van der Waals surface area contributed by atoms with Crippen LogP contribution in [0.25, 0.3) is 89.6 Å². The number of rotatable bonds is 6.